The second kappa shape index (κ2) is 4.88. The molecule has 0 amide bonds. The van der Waals surface area contributed by atoms with Gasteiger partial charge in [-0.15, -0.1) is 0 Å². The lowest BCUT2D eigenvalue weighted by atomic mass is 10.1. The molecular weight excluding hydrogens is 198 g/mol. The van der Waals surface area contributed by atoms with Gasteiger partial charge in [-0.3, -0.25) is 0 Å². The predicted octanol–water partition coefficient (Wildman–Crippen LogP) is 2.86. The Hall–Kier alpha value is -1.02. The molecule has 0 unspecified atom stereocenters. The summed E-state index contributed by atoms with van der Waals surface area (Å²) in [6.45, 7) is 8.48. The van der Waals surface area contributed by atoms with Crippen LogP contribution < -0.4 is 4.90 Å². The second-order valence-electron chi connectivity index (χ2n) is 4.69. The standard InChI is InChI=1S/C14H21NO/c1-4-13-6-5-7-14(8-13)15-9-11(2)16-12(3)10-15/h5-8,11-12H,4,9-10H2,1-3H3/t11-,12-/m1/s1. The van der Waals surface area contributed by atoms with E-state index in [2.05, 4.69) is 49.9 Å². The molecule has 2 rings (SSSR count). The molecule has 0 saturated carbocycles. The van der Waals surface area contributed by atoms with Crippen molar-refractivity contribution in [3.8, 4) is 0 Å². The van der Waals surface area contributed by atoms with Gasteiger partial charge in [0.25, 0.3) is 0 Å². The third-order valence-corrected chi connectivity index (χ3v) is 3.10. The Balaban J connectivity index is 2.16. The lowest BCUT2D eigenvalue weighted by molar-refractivity contribution is -0.00522. The molecule has 1 aliphatic rings. The van der Waals surface area contributed by atoms with Crippen molar-refractivity contribution in [3.63, 3.8) is 0 Å². The maximum atomic E-state index is 5.75. The average molecular weight is 219 g/mol. The van der Waals surface area contributed by atoms with Gasteiger partial charge in [0, 0.05) is 18.8 Å². The van der Waals surface area contributed by atoms with Gasteiger partial charge in [-0.2, -0.15) is 0 Å². The summed E-state index contributed by atoms with van der Waals surface area (Å²) in [6.07, 6.45) is 1.76. The van der Waals surface area contributed by atoms with Gasteiger partial charge in [0.15, 0.2) is 0 Å². The van der Waals surface area contributed by atoms with Crippen LogP contribution in [0.15, 0.2) is 24.3 Å². The Kier molecular flexibility index (Phi) is 3.49. The van der Waals surface area contributed by atoms with Crippen molar-refractivity contribution in [2.24, 2.45) is 0 Å². The Morgan fingerprint density at radius 1 is 1.25 bits per heavy atom. The van der Waals surface area contributed by atoms with Crippen molar-refractivity contribution < 1.29 is 4.74 Å². The normalized spacial score (nSPS) is 25.8. The van der Waals surface area contributed by atoms with E-state index < -0.39 is 0 Å². The number of ether oxygens (including phenoxy) is 1. The van der Waals surface area contributed by atoms with Crippen LogP contribution in [0, 0.1) is 0 Å². The van der Waals surface area contributed by atoms with E-state index in [4.69, 9.17) is 4.74 Å². The highest BCUT2D eigenvalue weighted by Gasteiger charge is 2.22. The number of hydrogen-bond donors (Lipinski definition) is 0. The second-order valence-corrected chi connectivity index (χ2v) is 4.69. The summed E-state index contributed by atoms with van der Waals surface area (Å²) < 4.78 is 5.75. The third-order valence-electron chi connectivity index (χ3n) is 3.10. The van der Waals surface area contributed by atoms with E-state index in [0.717, 1.165) is 19.5 Å². The van der Waals surface area contributed by atoms with Gasteiger partial charge >= 0.3 is 0 Å². The van der Waals surface area contributed by atoms with Crippen LogP contribution in [-0.2, 0) is 11.2 Å². The topological polar surface area (TPSA) is 12.5 Å². The summed E-state index contributed by atoms with van der Waals surface area (Å²) in [5, 5.41) is 0. The molecule has 0 aliphatic carbocycles. The van der Waals surface area contributed by atoms with Crippen LogP contribution in [0.1, 0.15) is 26.3 Å². The number of aryl methyl sites for hydroxylation is 1. The summed E-state index contributed by atoms with van der Waals surface area (Å²) >= 11 is 0. The van der Waals surface area contributed by atoms with Gasteiger partial charge in [-0.1, -0.05) is 19.1 Å². The average Bonchev–Trinajstić information content (AvgIpc) is 2.28. The van der Waals surface area contributed by atoms with E-state index in [9.17, 15) is 0 Å². The lowest BCUT2D eigenvalue weighted by Gasteiger charge is -2.37. The molecule has 2 nitrogen and oxygen atoms in total. The van der Waals surface area contributed by atoms with Crippen LogP contribution in [0.25, 0.3) is 0 Å². The van der Waals surface area contributed by atoms with Gasteiger partial charge in [0.05, 0.1) is 12.2 Å². The molecule has 1 aliphatic heterocycles. The van der Waals surface area contributed by atoms with Crippen molar-refractivity contribution >= 4 is 5.69 Å². The number of morpholine rings is 1. The number of benzene rings is 1. The number of rotatable bonds is 2. The fourth-order valence-electron chi connectivity index (χ4n) is 2.36. The summed E-state index contributed by atoms with van der Waals surface area (Å²) in [5.74, 6) is 0. The predicted molar refractivity (Wildman–Crippen MR) is 68.0 cm³/mol. The van der Waals surface area contributed by atoms with E-state index in [0.29, 0.717) is 12.2 Å². The Bertz CT molecular complexity index is 340. The maximum Gasteiger partial charge on any atom is 0.0726 e. The molecule has 0 aromatic heterocycles. The first-order chi connectivity index (χ1) is 7.69. The molecular formula is C14H21NO. The molecule has 0 bridgehead atoms. The van der Waals surface area contributed by atoms with Crippen LogP contribution in [0.5, 0.6) is 0 Å². The van der Waals surface area contributed by atoms with Gasteiger partial charge in [0.2, 0.25) is 0 Å². The highest BCUT2D eigenvalue weighted by atomic mass is 16.5. The molecule has 2 atom stereocenters. The molecule has 1 heterocycles. The van der Waals surface area contributed by atoms with E-state index >= 15 is 0 Å². The van der Waals surface area contributed by atoms with Crippen LogP contribution in [0.4, 0.5) is 5.69 Å². The maximum absolute atomic E-state index is 5.75. The first-order valence-electron chi connectivity index (χ1n) is 6.18. The van der Waals surface area contributed by atoms with Gasteiger partial charge in [-0.05, 0) is 38.0 Å². The van der Waals surface area contributed by atoms with Gasteiger partial charge in [0.1, 0.15) is 0 Å². The lowest BCUT2D eigenvalue weighted by Crippen LogP contribution is -2.45. The zero-order chi connectivity index (χ0) is 11.5. The highest BCUT2D eigenvalue weighted by Crippen LogP contribution is 2.21. The molecule has 1 aromatic rings. The molecule has 0 N–H and O–H groups in total. The van der Waals surface area contributed by atoms with E-state index in [1.165, 1.54) is 11.3 Å². The molecule has 1 aromatic carbocycles. The Morgan fingerprint density at radius 3 is 2.56 bits per heavy atom. The van der Waals surface area contributed by atoms with Crippen LogP contribution in [0.3, 0.4) is 0 Å². The molecule has 1 saturated heterocycles. The van der Waals surface area contributed by atoms with Crippen molar-refractivity contribution in [3.05, 3.63) is 29.8 Å². The fraction of sp³-hybridized carbons (Fsp3) is 0.571. The van der Waals surface area contributed by atoms with Crippen LogP contribution in [0.2, 0.25) is 0 Å². The Labute approximate surface area is 98.2 Å². The van der Waals surface area contributed by atoms with Gasteiger partial charge in [-0.25, -0.2) is 0 Å². The van der Waals surface area contributed by atoms with E-state index in [1.807, 2.05) is 0 Å². The van der Waals surface area contributed by atoms with Crippen molar-refractivity contribution in [1.82, 2.24) is 0 Å². The molecule has 1 fully saturated rings. The summed E-state index contributed by atoms with van der Waals surface area (Å²) in [7, 11) is 0. The molecule has 0 radical (unpaired) electrons. The van der Waals surface area contributed by atoms with Gasteiger partial charge < -0.3 is 9.64 Å². The van der Waals surface area contributed by atoms with Crippen molar-refractivity contribution in [2.75, 3.05) is 18.0 Å². The summed E-state index contributed by atoms with van der Waals surface area (Å²) in [5.41, 5.74) is 2.74. The molecule has 16 heavy (non-hydrogen) atoms. The van der Waals surface area contributed by atoms with Crippen molar-refractivity contribution in [2.45, 2.75) is 39.4 Å². The quantitative estimate of drug-likeness (QED) is 0.758. The third kappa shape index (κ3) is 2.56. The molecule has 0 spiro atoms. The molecule has 88 valence electrons. The minimum Gasteiger partial charge on any atom is -0.372 e. The molecule has 2 heteroatoms. The number of nitrogens with zero attached hydrogens (tertiary/aromatic N) is 1. The SMILES string of the molecule is CCc1cccc(N2C[C@@H](C)O[C@H](C)C2)c1. The van der Waals surface area contributed by atoms with Crippen LogP contribution >= 0.6 is 0 Å². The Morgan fingerprint density at radius 2 is 1.94 bits per heavy atom. The smallest absolute Gasteiger partial charge is 0.0726 e. The largest absolute Gasteiger partial charge is 0.372 e. The van der Waals surface area contributed by atoms with Crippen molar-refractivity contribution in [1.29, 1.82) is 0 Å². The number of anilines is 1. The number of hydrogen-bond acceptors (Lipinski definition) is 2. The van der Waals surface area contributed by atoms with Crippen LogP contribution in [-0.4, -0.2) is 25.3 Å². The fourth-order valence-corrected chi connectivity index (χ4v) is 2.36. The van der Waals surface area contributed by atoms with E-state index in [-0.39, 0.29) is 0 Å². The minimum absolute atomic E-state index is 0.328. The summed E-state index contributed by atoms with van der Waals surface area (Å²) in [4.78, 5) is 2.43. The summed E-state index contributed by atoms with van der Waals surface area (Å²) in [6, 6.07) is 8.84. The zero-order valence-corrected chi connectivity index (χ0v) is 10.4. The zero-order valence-electron chi connectivity index (χ0n) is 10.4. The first-order valence-corrected chi connectivity index (χ1v) is 6.18. The first kappa shape index (κ1) is 11.5. The minimum atomic E-state index is 0.328. The van der Waals surface area contributed by atoms with E-state index in [1.54, 1.807) is 0 Å². The highest BCUT2D eigenvalue weighted by molar-refractivity contribution is 5.49. The monoisotopic (exact) mass is 219 g/mol.